The Kier molecular flexibility index (Phi) is 2.86. The van der Waals surface area contributed by atoms with E-state index >= 15 is 0 Å². The monoisotopic (exact) mass is 216 g/mol. The second-order valence-electron chi connectivity index (χ2n) is 4.00. The lowest BCUT2D eigenvalue weighted by atomic mass is 10.1. The van der Waals surface area contributed by atoms with Crippen LogP contribution in [0, 0.1) is 13.8 Å². The molecule has 0 radical (unpaired) electrons. The molecule has 0 saturated heterocycles. The van der Waals surface area contributed by atoms with Crippen LogP contribution in [0.1, 0.15) is 16.8 Å². The molecule has 1 aromatic heterocycles. The number of hydrogen-bond donors (Lipinski definition) is 3. The summed E-state index contributed by atoms with van der Waals surface area (Å²) in [5.74, 6) is 0.350. The number of nitrogens with one attached hydrogen (secondary N) is 2. The van der Waals surface area contributed by atoms with Gasteiger partial charge in [0.25, 0.3) is 0 Å². The number of hydrogen-bond acceptors (Lipinski definition) is 2. The number of anilines is 1. The molecule has 0 aliphatic rings. The molecule has 3 heteroatoms. The molecule has 0 aliphatic carbocycles. The molecule has 16 heavy (non-hydrogen) atoms. The quantitative estimate of drug-likeness (QED) is 0.691. The van der Waals surface area contributed by atoms with Crippen molar-refractivity contribution < 1.29 is 5.11 Å². The maximum atomic E-state index is 9.54. The maximum Gasteiger partial charge on any atom is 0.118 e. The Morgan fingerprint density at radius 1 is 1.25 bits per heavy atom. The summed E-state index contributed by atoms with van der Waals surface area (Å²) < 4.78 is 0. The van der Waals surface area contributed by atoms with E-state index in [1.165, 1.54) is 0 Å². The van der Waals surface area contributed by atoms with Gasteiger partial charge in [0.2, 0.25) is 0 Å². The summed E-state index contributed by atoms with van der Waals surface area (Å²) in [6.45, 7) is 4.64. The van der Waals surface area contributed by atoms with Crippen LogP contribution in [0.5, 0.6) is 5.75 Å². The molecule has 3 nitrogen and oxygen atoms in total. The zero-order chi connectivity index (χ0) is 11.5. The van der Waals surface area contributed by atoms with E-state index in [4.69, 9.17) is 0 Å². The normalized spacial score (nSPS) is 10.4. The Balaban J connectivity index is 2.12. The molecule has 2 aromatic rings. The first-order chi connectivity index (χ1) is 7.66. The first kappa shape index (κ1) is 10.6. The van der Waals surface area contributed by atoms with Gasteiger partial charge in [-0.1, -0.05) is 0 Å². The van der Waals surface area contributed by atoms with Crippen molar-refractivity contribution in [3.05, 3.63) is 47.3 Å². The van der Waals surface area contributed by atoms with Gasteiger partial charge < -0.3 is 15.4 Å². The van der Waals surface area contributed by atoms with Crippen LogP contribution in [0.25, 0.3) is 0 Å². The average Bonchev–Trinajstić information content (AvgIpc) is 2.74. The van der Waals surface area contributed by atoms with Crippen LogP contribution in [0.2, 0.25) is 0 Å². The van der Waals surface area contributed by atoms with Crippen molar-refractivity contribution in [3.63, 3.8) is 0 Å². The Hall–Kier alpha value is -1.90. The fourth-order valence-corrected chi connectivity index (χ4v) is 1.66. The van der Waals surface area contributed by atoms with Crippen LogP contribution in [-0.4, -0.2) is 10.1 Å². The molecule has 2 rings (SSSR count). The number of H-pyrrole nitrogens is 1. The second kappa shape index (κ2) is 4.31. The Bertz CT molecular complexity index is 475. The van der Waals surface area contributed by atoms with E-state index in [1.54, 1.807) is 6.07 Å². The van der Waals surface area contributed by atoms with E-state index in [2.05, 4.69) is 10.3 Å². The minimum absolute atomic E-state index is 0.350. The highest BCUT2D eigenvalue weighted by molar-refractivity contribution is 5.56. The average molecular weight is 216 g/mol. The third-order valence-corrected chi connectivity index (χ3v) is 2.67. The molecule has 0 atom stereocenters. The van der Waals surface area contributed by atoms with E-state index in [0.29, 0.717) is 5.75 Å². The molecule has 3 N–H and O–H groups in total. The van der Waals surface area contributed by atoms with Gasteiger partial charge >= 0.3 is 0 Å². The van der Waals surface area contributed by atoms with Gasteiger partial charge in [-0.2, -0.15) is 0 Å². The van der Waals surface area contributed by atoms with Crippen LogP contribution in [0.3, 0.4) is 0 Å². The zero-order valence-corrected chi connectivity index (χ0v) is 9.54. The third kappa shape index (κ3) is 2.19. The van der Waals surface area contributed by atoms with E-state index in [0.717, 1.165) is 29.1 Å². The van der Waals surface area contributed by atoms with Gasteiger partial charge in [-0.25, -0.2) is 0 Å². The fourth-order valence-electron chi connectivity index (χ4n) is 1.66. The minimum atomic E-state index is 0.350. The number of phenols is 1. The third-order valence-electron chi connectivity index (χ3n) is 2.67. The number of rotatable bonds is 3. The van der Waals surface area contributed by atoms with E-state index in [9.17, 15) is 5.11 Å². The summed E-state index contributed by atoms with van der Waals surface area (Å²) in [7, 11) is 0. The summed E-state index contributed by atoms with van der Waals surface area (Å²) in [5, 5.41) is 12.9. The topological polar surface area (TPSA) is 48.0 Å². The molecule has 0 saturated carbocycles. The highest BCUT2D eigenvalue weighted by atomic mass is 16.3. The Morgan fingerprint density at radius 3 is 2.75 bits per heavy atom. The SMILES string of the molecule is Cc1cc(NCc2ccc[nH]2)c(C)cc1O. The standard InChI is InChI=1S/C13H16N2O/c1-9-7-13(16)10(2)6-12(9)15-8-11-4-3-5-14-11/h3-7,14-16H,8H2,1-2H3. The lowest BCUT2D eigenvalue weighted by Crippen LogP contribution is -2.01. The van der Waals surface area contributed by atoms with Crippen molar-refractivity contribution in [2.24, 2.45) is 0 Å². The highest BCUT2D eigenvalue weighted by Crippen LogP contribution is 2.25. The summed E-state index contributed by atoms with van der Waals surface area (Å²) in [6.07, 6.45) is 1.91. The van der Waals surface area contributed by atoms with Crippen molar-refractivity contribution in [2.75, 3.05) is 5.32 Å². The second-order valence-corrected chi connectivity index (χ2v) is 4.00. The molecule has 84 valence electrons. The lowest BCUT2D eigenvalue weighted by molar-refractivity contribution is 0.471. The zero-order valence-electron chi connectivity index (χ0n) is 9.54. The minimum Gasteiger partial charge on any atom is -0.508 e. The smallest absolute Gasteiger partial charge is 0.118 e. The fraction of sp³-hybridized carbons (Fsp3) is 0.231. The van der Waals surface area contributed by atoms with Crippen molar-refractivity contribution >= 4 is 5.69 Å². The summed E-state index contributed by atoms with van der Waals surface area (Å²) in [4.78, 5) is 3.14. The summed E-state index contributed by atoms with van der Waals surface area (Å²) in [5.41, 5.74) is 4.14. The number of aromatic amines is 1. The molecule has 0 amide bonds. The van der Waals surface area contributed by atoms with Gasteiger partial charge in [0.1, 0.15) is 5.75 Å². The van der Waals surface area contributed by atoms with Gasteiger partial charge in [-0.05, 0) is 49.2 Å². The van der Waals surface area contributed by atoms with Crippen LogP contribution in [-0.2, 0) is 6.54 Å². The lowest BCUT2D eigenvalue weighted by Gasteiger charge is -2.10. The van der Waals surface area contributed by atoms with E-state index in [1.807, 2.05) is 38.2 Å². The van der Waals surface area contributed by atoms with Crippen LogP contribution in [0.15, 0.2) is 30.5 Å². The van der Waals surface area contributed by atoms with Crippen molar-refractivity contribution in [3.8, 4) is 5.75 Å². The first-order valence-electron chi connectivity index (χ1n) is 5.33. The van der Waals surface area contributed by atoms with Crippen molar-refractivity contribution in [1.29, 1.82) is 0 Å². The number of phenolic OH excluding ortho intramolecular Hbond substituents is 1. The maximum absolute atomic E-state index is 9.54. The molecule has 0 spiro atoms. The van der Waals surface area contributed by atoms with Gasteiger partial charge in [0.15, 0.2) is 0 Å². The number of aromatic hydroxyl groups is 1. The molecule has 1 heterocycles. The van der Waals surface area contributed by atoms with Crippen LogP contribution < -0.4 is 5.32 Å². The Labute approximate surface area is 95.1 Å². The van der Waals surface area contributed by atoms with Crippen molar-refractivity contribution in [1.82, 2.24) is 4.98 Å². The molecule has 0 fully saturated rings. The van der Waals surface area contributed by atoms with Gasteiger partial charge in [-0.15, -0.1) is 0 Å². The number of benzene rings is 1. The van der Waals surface area contributed by atoms with Crippen LogP contribution in [0.4, 0.5) is 5.69 Å². The molecule has 0 bridgehead atoms. The predicted octanol–water partition coefficient (Wildman–Crippen LogP) is 2.95. The van der Waals surface area contributed by atoms with Gasteiger partial charge in [-0.3, -0.25) is 0 Å². The Morgan fingerprint density at radius 2 is 2.06 bits per heavy atom. The van der Waals surface area contributed by atoms with Gasteiger partial charge in [0.05, 0.1) is 6.54 Å². The van der Waals surface area contributed by atoms with Crippen molar-refractivity contribution in [2.45, 2.75) is 20.4 Å². The summed E-state index contributed by atoms with van der Waals surface area (Å²) in [6, 6.07) is 7.77. The molecular weight excluding hydrogens is 200 g/mol. The largest absolute Gasteiger partial charge is 0.508 e. The number of aryl methyl sites for hydroxylation is 2. The molecule has 0 aliphatic heterocycles. The van der Waals surface area contributed by atoms with Gasteiger partial charge in [0, 0.05) is 17.6 Å². The number of aromatic nitrogens is 1. The van der Waals surface area contributed by atoms with E-state index < -0.39 is 0 Å². The van der Waals surface area contributed by atoms with Crippen LogP contribution >= 0.6 is 0 Å². The predicted molar refractivity (Wildman–Crippen MR) is 65.7 cm³/mol. The van der Waals surface area contributed by atoms with E-state index in [-0.39, 0.29) is 0 Å². The molecule has 0 unspecified atom stereocenters. The summed E-state index contributed by atoms with van der Waals surface area (Å²) >= 11 is 0. The first-order valence-corrected chi connectivity index (χ1v) is 5.33. The molecule has 1 aromatic carbocycles. The molecular formula is C13H16N2O. The highest BCUT2D eigenvalue weighted by Gasteiger charge is 2.03.